The summed E-state index contributed by atoms with van der Waals surface area (Å²) < 4.78 is 5.72. The quantitative estimate of drug-likeness (QED) is 0.678. The topological polar surface area (TPSA) is 50.4 Å². The van der Waals surface area contributed by atoms with E-state index >= 15 is 0 Å². The number of halogens is 1. The van der Waals surface area contributed by atoms with Crippen LogP contribution in [0.3, 0.4) is 0 Å². The molecule has 0 radical (unpaired) electrons. The molecule has 0 aliphatic heterocycles. The molecule has 0 bridgehead atoms. The molecule has 0 aliphatic carbocycles. The SMILES string of the molecule is CCCNCCNC(=O)c1cccc(OCc2cccs2)c1.Cl. The number of nitrogens with one attached hydrogen (secondary N) is 2. The van der Waals surface area contributed by atoms with Crippen LogP contribution in [0, 0.1) is 0 Å². The first-order chi connectivity index (χ1) is 10.8. The molecule has 2 rings (SSSR count). The zero-order valence-corrected chi connectivity index (χ0v) is 14.8. The highest BCUT2D eigenvalue weighted by Gasteiger charge is 2.06. The zero-order valence-electron chi connectivity index (χ0n) is 13.2. The molecule has 23 heavy (non-hydrogen) atoms. The van der Waals surface area contributed by atoms with Crippen LogP contribution in [-0.4, -0.2) is 25.5 Å². The van der Waals surface area contributed by atoms with Crippen LogP contribution in [-0.2, 0) is 6.61 Å². The van der Waals surface area contributed by atoms with Gasteiger partial charge in [0, 0.05) is 23.5 Å². The molecule has 0 unspecified atom stereocenters. The van der Waals surface area contributed by atoms with Crippen molar-refractivity contribution in [3.8, 4) is 5.75 Å². The lowest BCUT2D eigenvalue weighted by molar-refractivity contribution is 0.0953. The lowest BCUT2D eigenvalue weighted by Crippen LogP contribution is -2.32. The Morgan fingerprint density at radius 1 is 1.17 bits per heavy atom. The summed E-state index contributed by atoms with van der Waals surface area (Å²) in [6, 6.07) is 11.3. The van der Waals surface area contributed by atoms with Crippen LogP contribution in [0.2, 0.25) is 0 Å². The number of ether oxygens (including phenoxy) is 1. The Balaban J connectivity index is 0.00000264. The lowest BCUT2D eigenvalue weighted by atomic mass is 10.2. The van der Waals surface area contributed by atoms with E-state index in [1.807, 2.05) is 29.6 Å². The standard InChI is InChI=1S/C17H22N2O2S.ClH/c1-2-8-18-9-10-19-17(20)14-5-3-6-15(12-14)21-13-16-7-4-11-22-16;/h3-7,11-12,18H,2,8-10,13H2,1H3,(H,19,20);1H. The van der Waals surface area contributed by atoms with Crippen molar-refractivity contribution in [1.29, 1.82) is 0 Å². The van der Waals surface area contributed by atoms with E-state index in [9.17, 15) is 4.79 Å². The fourth-order valence-electron chi connectivity index (χ4n) is 1.94. The summed E-state index contributed by atoms with van der Waals surface area (Å²) in [6.07, 6.45) is 1.09. The highest BCUT2D eigenvalue weighted by molar-refractivity contribution is 7.09. The molecule has 126 valence electrons. The second-order valence-electron chi connectivity index (χ2n) is 4.90. The first-order valence-electron chi connectivity index (χ1n) is 7.53. The molecule has 0 saturated heterocycles. The molecule has 0 atom stereocenters. The molecule has 2 aromatic rings. The Kier molecular flexibility index (Phi) is 9.36. The minimum Gasteiger partial charge on any atom is -0.488 e. The number of hydrogen-bond acceptors (Lipinski definition) is 4. The van der Waals surface area contributed by atoms with Gasteiger partial charge in [-0.05, 0) is 42.6 Å². The van der Waals surface area contributed by atoms with Crippen molar-refractivity contribution in [2.24, 2.45) is 0 Å². The third-order valence-corrected chi connectivity index (χ3v) is 3.92. The minimum absolute atomic E-state index is 0. The molecular formula is C17H23ClN2O2S. The summed E-state index contributed by atoms with van der Waals surface area (Å²) in [5.74, 6) is 0.644. The van der Waals surface area contributed by atoms with Crippen LogP contribution in [0.25, 0.3) is 0 Å². The van der Waals surface area contributed by atoms with E-state index in [1.165, 1.54) is 0 Å². The smallest absolute Gasteiger partial charge is 0.251 e. The summed E-state index contributed by atoms with van der Waals surface area (Å²) in [5, 5.41) is 8.17. The summed E-state index contributed by atoms with van der Waals surface area (Å²) in [6.45, 7) is 5.03. The fraction of sp³-hybridized carbons (Fsp3) is 0.353. The monoisotopic (exact) mass is 354 g/mol. The third kappa shape index (κ3) is 7.03. The van der Waals surface area contributed by atoms with Gasteiger partial charge >= 0.3 is 0 Å². The van der Waals surface area contributed by atoms with E-state index in [0.717, 1.165) is 24.4 Å². The molecule has 6 heteroatoms. The predicted molar refractivity (Wildman–Crippen MR) is 97.8 cm³/mol. The zero-order chi connectivity index (χ0) is 15.6. The van der Waals surface area contributed by atoms with Crippen LogP contribution in [0.4, 0.5) is 0 Å². The number of thiophene rings is 1. The summed E-state index contributed by atoms with van der Waals surface area (Å²) in [5.41, 5.74) is 0.624. The summed E-state index contributed by atoms with van der Waals surface area (Å²) >= 11 is 1.66. The Morgan fingerprint density at radius 2 is 2.04 bits per heavy atom. The van der Waals surface area contributed by atoms with Crippen molar-refractivity contribution in [2.75, 3.05) is 19.6 Å². The number of amides is 1. The average molecular weight is 355 g/mol. The highest BCUT2D eigenvalue weighted by atomic mass is 35.5. The maximum atomic E-state index is 12.1. The Bertz CT molecular complexity index is 576. The van der Waals surface area contributed by atoms with Crippen LogP contribution < -0.4 is 15.4 Å². The van der Waals surface area contributed by atoms with Crippen molar-refractivity contribution in [3.05, 3.63) is 52.2 Å². The van der Waals surface area contributed by atoms with Gasteiger partial charge < -0.3 is 15.4 Å². The maximum absolute atomic E-state index is 12.1. The summed E-state index contributed by atoms with van der Waals surface area (Å²) in [7, 11) is 0. The van der Waals surface area contributed by atoms with Gasteiger partial charge in [0.05, 0.1) is 0 Å². The van der Waals surface area contributed by atoms with Gasteiger partial charge in [0.1, 0.15) is 12.4 Å². The van der Waals surface area contributed by atoms with E-state index in [2.05, 4.69) is 17.6 Å². The average Bonchev–Trinajstić information content (AvgIpc) is 3.06. The van der Waals surface area contributed by atoms with Gasteiger partial charge in [0.25, 0.3) is 5.91 Å². The lowest BCUT2D eigenvalue weighted by Gasteiger charge is -2.08. The molecule has 1 aromatic heterocycles. The second kappa shape index (κ2) is 11.0. The number of carbonyl (C=O) groups excluding carboxylic acids is 1. The highest BCUT2D eigenvalue weighted by Crippen LogP contribution is 2.17. The Hall–Kier alpha value is -1.56. The van der Waals surface area contributed by atoms with E-state index in [1.54, 1.807) is 23.5 Å². The predicted octanol–water partition coefficient (Wildman–Crippen LogP) is 3.48. The van der Waals surface area contributed by atoms with Crippen molar-refractivity contribution < 1.29 is 9.53 Å². The first-order valence-corrected chi connectivity index (χ1v) is 8.41. The number of benzene rings is 1. The van der Waals surface area contributed by atoms with Crippen LogP contribution in [0.5, 0.6) is 5.75 Å². The molecule has 0 fully saturated rings. The second-order valence-corrected chi connectivity index (χ2v) is 5.93. The van der Waals surface area contributed by atoms with Crippen molar-refractivity contribution in [2.45, 2.75) is 20.0 Å². The summed E-state index contributed by atoms with van der Waals surface area (Å²) in [4.78, 5) is 13.2. The van der Waals surface area contributed by atoms with Gasteiger partial charge in [-0.25, -0.2) is 0 Å². The van der Waals surface area contributed by atoms with Crippen molar-refractivity contribution in [3.63, 3.8) is 0 Å². The molecule has 1 aromatic carbocycles. The van der Waals surface area contributed by atoms with E-state index < -0.39 is 0 Å². The molecule has 1 heterocycles. The van der Waals surface area contributed by atoms with Gasteiger partial charge in [0.15, 0.2) is 0 Å². The Labute approximate surface area is 147 Å². The number of rotatable bonds is 9. The number of hydrogen-bond donors (Lipinski definition) is 2. The molecule has 1 amide bonds. The van der Waals surface area contributed by atoms with E-state index in [4.69, 9.17) is 4.74 Å². The third-order valence-electron chi connectivity index (χ3n) is 3.07. The van der Waals surface area contributed by atoms with Gasteiger partial charge in [0.2, 0.25) is 0 Å². The molecule has 0 spiro atoms. The first kappa shape index (κ1) is 19.5. The van der Waals surface area contributed by atoms with Crippen LogP contribution in [0.15, 0.2) is 41.8 Å². The van der Waals surface area contributed by atoms with E-state index in [0.29, 0.717) is 24.5 Å². The molecular weight excluding hydrogens is 332 g/mol. The van der Waals surface area contributed by atoms with Crippen LogP contribution >= 0.6 is 23.7 Å². The van der Waals surface area contributed by atoms with Gasteiger partial charge in [-0.15, -0.1) is 23.7 Å². The van der Waals surface area contributed by atoms with E-state index in [-0.39, 0.29) is 18.3 Å². The van der Waals surface area contributed by atoms with Gasteiger partial charge in [-0.2, -0.15) is 0 Å². The normalized spacial score (nSPS) is 9.96. The largest absolute Gasteiger partial charge is 0.488 e. The molecule has 4 nitrogen and oxygen atoms in total. The molecule has 0 saturated carbocycles. The minimum atomic E-state index is -0.0696. The van der Waals surface area contributed by atoms with Crippen LogP contribution in [0.1, 0.15) is 28.6 Å². The molecule has 0 aliphatic rings. The molecule has 2 N–H and O–H groups in total. The van der Waals surface area contributed by atoms with Gasteiger partial charge in [-0.3, -0.25) is 4.79 Å². The fourth-order valence-corrected chi connectivity index (χ4v) is 2.56. The maximum Gasteiger partial charge on any atom is 0.251 e. The van der Waals surface area contributed by atoms with Gasteiger partial charge in [-0.1, -0.05) is 19.1 Å². The van der Waals surface area contributed by atoms with Crippen molar-refractivity contribution in [1.82, 2.24) is 10.6 Å². The number of carbonyl (C=O) groups is 1. The Morgan fingerprint density at radius 3 is 2.78 bits per heavy atom. The van der Waals surface area contributed by atoms with Crippen molar-refractivity contribution >= 4 is 29.7 Å².